The summed E-state index contributed by atoms with van der Waals surface area (Å²) in [5.41, 5.74) is 0. The van der Waals surface area contributed by atoms with Crippen LogP contribution in [0.3, 0.4) is 0 Å². The summed E-state index contributed by atoms with van der Waals surface area (Å²) in [6.07, 6.45) is 0.760. The molecule has 26 heavy (non-hydrogen) atoms. The van der Waals surface area contributed by atoms with Gasteiger partial charge in [0.25, 0.3) is 0 Å². The molecule has 1 aliphatic rings. The normalized spacial score (nSPS) is 18.7. The van der Waals surface area contributed by atoms with Crippen molar-refractivity contribution in [2.45, 2.75) is 11.3 Å². The molecule has 150 valence electrons. The molecule has 9 nitrogen and oxygen atoms in total. The molecule has 11 heteroatoms. The first-order valence-corrected chi connectivity index (χ1v) is 11.1. The fraction of sp³-hybridized carbons (Fsp3) is 0.600. The summed E-state index contributed by atoms with van der Waals surface area (Å²) in [5, 5.41) is 17.9. The molecule has 1 aromatic carbocycles. The number of hydrogen-bond acceptors (Lipinski definition) is 7. The van der Waals surface area contributed by atoms with E-state index in [4.69, 9.17) is 10.2 Å². The molecule has 0 aliphatic carbocycles. The molecule has 2 N–H and O–H groups in total. The van der Waals surface area contributed by atoms with Crippen molar-refractivity contribution >= 4 is 20.1 Å². The van der Waals surface area contributed by atoms with E-state index in [-0.39, 0.29) is 24.0 Å². The number of likely N-dealkylation sites (N-methyl/N-ethyl adjacent to an activating group) is 1. The Morgan fingerprint density at radius 1 is 1.12 bits per heavy atom. The Balaban J connectivity index is 0.000000289. The molecule has 1 atom stereocenters. The number of hydrogen-bond donors (Lipinski definition) is 2. The molecule has 1 heterocycles. The minimum absolute atomic E-state index is 0.0819. The average molecular weight is 411 g/mol. The minimum atomic E-state index is -4.25. The summed E-state index contributed by atoms with van der Waals surface area (Å²) >= 11 is 0. The van der Waals surface area contributed by atoms with E-state index in [9.17, 15) is 21.4 Å². The van der Waals surface area contributed by atoms with Gasteiger partial charge < -0.3 is 19.2 Å². The van der Waals surface area contributed by atoms with Gasteiger partial charge in [0.15, 0.2) is 0 Å². The van der Waals surface area contributed by atoms with Gasteiger partial charge in [-0.2, -0.15) is 4.31 Å². The quantitative estimate of drug-likeness (QED) is 0.303. The van der Waals surface area contributed by atoms with Crippen molar-refractivity contribution in [2.24, 2.45) is 0 Å². The maximum Gasteiger partial charge on any atom is 0.229 e. The van der Waals surface area contributed by atoms with Gasteiger partial charge in [-0.3, -0.25) is 0 Å². The van der Waals surface area contributed by atoms with E-state index in [1.807, 2.05) is 7.05 Å². The second-order valence-electron chi connectivity index (χ2n) is 6.27. The third kappa shape index (κ3) is 8.08. The first-order valence-electron chi connectivity index (χ1n) is 8.08. The predicted molar refractivity (Wildman–Crippen MR) is 94.5 cm³/mol. The standard InChI is InChI=1S/C9H21N2O4S.C6H6O3S/c1-11(5-7-12,6-8-13)4-2-3-10-9-16(10,14)15;7-10(8,9)6-4-2-1-3-5-6/h12-13H,2-9H2,1H3;1-5H,(H,7,8,9)/q+1;/p-1. The maximum atomic E-state index is 10.9. The van der Waals surface area contributed by atoms with Gasteiger partial charge >= 0.3 is 0 Å². The summed E-state index contributed by atoms with van der Waals surface area (Å²) in [7, 11) is -5.16. The summed E-state index contributed by atoms with van der Waals surface area (Å²) in [5.74, 6) is 0.177. The molecule has 1 aromatic rings. The molecule has 0 amide bonds. The molecule has 1 unspecified atom stereocenters. The van der Waals surface area contributed by atoms with Gasteiger partial charge in [-0.25, -0.2) is 16.8 Å². The first kappa shape index (κ1) is 23.0. The number of quaternary nitrogens is 1. The molecule has 1 saturated heterocycles. The zero-order valence-electron chi connectivity index (χ0n) is 14.7. The lowest BCUT2D eigenvalue weighted by molar-refractivity contribution is -0.910. The van der Waals surface area contributed by atoms with E-state index in [1.165, 1.54) is 28.6 Å². The van der Waals surface area contributed by atoms with Gasteiger partial charge in [-0.1, -0.05) is 18.2 Å². The van der Waals surface area contributed by atoms with Crippen molar-refractivity contribution in [3.63, 3.8) is 0 Å². The van der Waals surface area contributed by atoms with Crippen molar-refractivity contribution in [1.82, 2.24) is 4.31 Å². The van der Waals surface area contributed by atoms with Crippen LogP contribution in [0, 0.1) is 0 Å². The molecule has 1 aliphatic heterocycles. The van der Waals surface area contributed by atoms with Crippen molar-refractivity contribution in [2.75, 3.05) is 52.3 Å². The van der Waals surface area contributed by atoms with Crippen LogP contribution in [0.15, 0.2) is 35.2 Å². The number of rotatable bonds is 9. The zero-order chi connectivity index (χ0) is 19.8. The van der Waals surface area contributed by atoms with Gasteiger partial charge in [0.1, 0.15) is 29.1 Å². The fourth-order valence-corrected chi connectivity index (χ4v) is 4.00. The van der Waals surface area contributed by atoms with Crippen molar-refractivity contribution < 1.29 is 36.1 Å². The molecular weight excluding hydrogens is 384 g/mol. The van der Waals surface area contributed by atoms with Crippen LogP contribution in [0.1, 0.15) is 6.42 Å². The molecule has 2 rings (SSSR count). The number of aliphatic hydroxyl groups excluding tert-OH is 2. The van der Waals surface area contributed by atoms with Crippen molar-refractivity contribution in [3.8, 4) is 0 Å². The first-order chi connectivity index (χ1) is 12.0. The third-order valence-corrected chi connectivity index (χ3v) is 6.33. The van der Waals surface area contributed by atoms with E-state index in [2.05, 4.69) is 0 Å². The number of sulfonamides is 1. The highest BCUT2D eigenvalue weighted by molar-refractivity contribution is 7.95. The van der Waals surface area contributed by atoms with Gasteiger partial charge in [0.2, 0.25) is 10.0 Å². The molecule has 1 fully saturated rings. The van der Waals surface area contributed by atoms with Crippen LogP contribution in [-0.4, -0.2) is 92.7 Å². The third-order valence-electron chi connectivity index (χ3n) is 4.04. The highest BCUT2D eigenvalue weighted by atomic mass is 32.2. The summed E-state index contributed by atoms with van der Waals surface area (Å²) in [4.78, 5) is -0.185. The Kier molecular flexibility index (Phi) is 8.60. The Hall–Kier alpha value is -1.08. The van der Waals surface area contributed by atoms with E-state index in [1.54, 1.807) is 6.07 Å². The van der Waals surface area contributed by atoms with E-state index in [0.717, 1.165) is 13.0 Å². The van der Waals surface area contributed by atoms with E-state index < -0.39 is 20.1 Å². The highest BCUT2D eigenvalue weighted by Crippen LogP contribution is 2.19. The SMILES string of the molecule is C[N+](CCO)(CCO)CCCN1CS1(=O)=O.O=S(=O)([O-])c1ccccc1. The van der Waals surface area contributed by atoms with Crippen LogP contribution in [0.2, 0.25) is 0 Å². The number of aliphatic hydroxyl groups is 2. The van der Waals surface area contributed by atoms with Gasteiger partial charge in [-0.05, 0) is 12.1 Å². The summed E-state index contributed by atoms with van der Waals surface area (Å²) in [6.45, 7) is 2.66. The molecule has 0 saturated carbocycles. The van der Waals surface area contributed by atoms with Crippen molar-refractivity contribution in [1.29, 1.82) is 0 Å². The second kappa shape index (κ2) is 9.74. The largest absolute Gasteiger partial charge is 0.744 e. The predicted octanol–water partition coefficient (Wildman–Crippen LogP) is -0.999. The lowest BCUT2D eigenvalue weighted by atomic mass is 10.3. The fourth-order valence-electron chi connectivity index (χ4n) is 2.40. The maximum absolute atomic E-state index is 10.9. The summed E-state index contributed by atoms with van der Waals surface area (Å²) < 4.78 is 54.7. The smallest absolute Gasteiger partial charge is 0.229 e. The number of nitrogens with zero attached hydrogens (tertiary/aromatic N) is 2. The Morgan fingerprint density at radius 2 is 1.62 bits per heavy atom. The molecule has 0 aromatic heterocycles. The van der Waals surface area contributed by atoms with Crippen LogP contribution in [0.4, 0.5) is 0 Å². The number of benzene rings is 1. The van der Waals surface area contributed by atoms with Crippen molar-refractivity contribution in [3.05, 3.63) is 30.3 Å². The Morgan fingerprint density at radius 3 is 1.96 bits per heavy atom. The molecular formula is C15H26N2O7S2. The summed E-state index contributed by atoms with van der Waals surface area (Å²) in [6, 6.07) is 7.19. The highest BCUT2D eigenvalue weighted by Gasteiger charge is 2.39. The lowest BCUT2D eigenvalue weighted by Crippen LogP contribution is -2.49. The Labute approximate surface area is 154 Å². The zero-order valence-corrected chi connectivity index (χ0v) is 16.3. The molecule has 0 radical (unpaired) electrons. The monoisotopic (exact) mass is 410 g/mol. The lowest BCUT2D eigenvalue weighted by Gasteiger charge is -2.33. The Bertz CT molecular complexity index is 745. The van der Waals surface area contributed by atoms with Gasteiger partial charge in [0.05, 0.1) is 31.7 Å². The van der Waals surface area contributed by atoms with Crippen LogP contribution < -0.4 is 0 Å². The van der Waals surface area contributed by atoms with Crippen LogP contribution in [0.5, 0.6) is 0 Å². The van der Waals surface area contributed by atoms with Crippen LogP contribution in [-0.2, 0) is 20.1 Å². The van der Waals surface area contributed by atoms with Crippen LogP contribution in [0.25, 0.3) is 0 Å². The van der Waals surface area contributed by atoms with Gasteiger partial charge in [0, 0.05) is 13.0 Å². The second-order valence-corrected chi connectivity index (χ2v) is 9.59. The van der Waals surface area contributed by atoms with Gasteiger partial charge in [-0.15, -0.1) is 0 Å². The molecule has 0 bridgehead atoms. The van der Waals surface area contributed by atoms with E-state index in [0.29, 0.717) is 24.1 Å². The van der Waals surface area contributed by atoms with E-state index >= 15 is 0 Å². The minimum Gasteiger partial charge on any atom is -0.744 e. The van der Waals surface area contributed by atoms with Crippen LogP contribution >= 0.6 is 0 Å². The molecule has 0 spiro atoms. The average Bonchev–Trinajstić information content (AvgIpc) is 3.15. The topological polar surface area (TPSA) is 135 Å².